The van der Waals surface area contributed by atoms with E-state index in [2.05, 4.69) is 0 Å². The monoisotopic (exact) mass is 414 g/mol. The molecule has 0 spiro atoms. The van der Waals surface area contributed by atoms with E-state index in [-0.39, 0.29) is 35.2 Å². The Morgan fingerprint density at radius 1 is 1.23 bits per heavy atom. The molecule has 9 nitrogen and oxygen atoms in total. The van der Waals surface area contributed by atoms with E-state index in [0.29, 0.717) is 18.8 Å². The number of benzene rings is 2. The molecule has 9 heteroatoms. The Bertz CT molecular complexity index is 949. The molecule has 2 aromatic rings. The Kier molecular flexibility index (Phi) is 6.93. The zero-order valence-corrected chi connectivity index (χ0v) is 16.8. The summed E-state index contributed by atoms with van der Waals surface area (Å²) in [6.07, 6.45) is 1.64. The van der Waals surface area contributed by atoms with Gasteiger partial charge in [0.2, 0.25) is 5.75 Å². The molecule has 0 aromatic heterocycles. The summed E-state index contributed by atoms with van der Waals surface area (Å²) in [7, 11) is 1.47. The predicted molar refractivity (Wildman–Crippen MR) is 106 cm³/mol. The summed E-state index contributed by atoms with van der Waals surface area (Å²) >= 11 is 0. The molecule has 2 aromatic carbocycles. The van der Waals surface area contributed by atoms with E-state index in [1.54, 1.807) is 31.2 Å². The smallest absolute Gasteiger partial charge is 0.358 e. The molecule has 0 radical (unpaired) electrons. The van der Waals surface area contributed by atoms with Gasteiger partial charge in [-0.3, -0.25) is 10.1 Å². The average molecular weight is 414 g/mol. The molecule has 3 rings (SSSR count). The van der Waals surface area contributed by atoms with Gasteiger partial charge in [-0.15, -0.1) is 0 Å². The zero-order chi connectivity index (χ0) is 21.5. The molecule has 0 bridgehead atoms. The fourth-order valence-electron chi connectivity index (χ4n) is 3.09. The number of ether oxygens (including phenoxy) is 5. The van der Waals surface area contributed by atoms with Gasteiger partial charge in [0.15, 0.2) is 23.5 Å². The van der Waals surface area contributed by atoms with Crippen LogP contribution in [-0.4, -0.2) is 31.5 Å². The number of hydrogen-bond donors (Lipinski definition) is 0. The van der Waals surface area contributed by atoms with Crippen LogP contribution in [0, 0.1) is 21.4 Å². The maximum atomic E-state index is 12.1. The van der Waals surface area contributed by atoms with Crippen molar-refractivity contribution in [1.29, 1.82) is 5.26 Å². The van der Waals surface area contributed by atoms with Crippen LogP contribution < -0.4 is 18.9 Å². The maximum Gasteiger partial charge on any atom is 0.358 e. The first-order valence-corrected chi connectivity index (χ1v) is 9.56. The Hall–Kier alpha value is -3.51. The van der Waals surface area contributed by atoms with E-state index in [9.17, 15) is 15.4 Å². The largest absolute Gasteiger partial charge is 0.493 e. The standard InChI is InChI=1S/C21H22N2O7/c1-3-27-17-12-14(13-22)20(30-18-10-6-7-11-28-18)19(23(24)25)21(17)29-16-9-5-4-8-15(16)26-2/h4-5,8-9,12,18H,3,6-7,10-11H2,1-2H3. The lowest BCUT2D eigenvalue weighted by Gasteiger charge is -2.24. The predicted octanol–water partition coefficient (Wildman–Crippen LogP) is 4.57. The van der Waals surface area contributed by atoms with Gasteiger partial charge < -0.3 is 23.7 Å². The molecule has 1 atom stereocenters. The Morgan fingerprint density at radius 2 is 2.00 bits per heavy atom. The lowest BCUT2D eigenvalue weighted by Crippen LogP contribution is -2.25. The van der Waals surface area contributed by atoms with Crippen LogP contribution in [0.25, 0.3) is 0 Å². The van der Waals surface area contributed by atoms with Crippen LogP contribution in [0.15, 0.2) is 30.3 Å². The Labute approximate surface area is 173 Å². The van der Waals surface area contributed by atoms with E-state index < -0.39 is 16.9 Å². The molecule has 0 amide bonds. The quantitative estimate of drug-likeness (QED) is 0.456. The van der Waals surface area contributed by atoms with Gasteiger partial charge in [-0.25, -0.2) is 0 Å². The number of hydrogen-bond acceptors (Lipinski definition) is 8. The molecule has 0 N–H and O–H groups in total. The lowest BCUT2D eigenvalue weighted by atomic mass is 10.1. The maximum absolute atomic E-state index is 12.1. The van der Waals surface area contributed by atoms with Crippen LogP contribution in [0.1, 0.15) is 31.7 Å². The summed E-state index contributed by atoms with van der Waals surface area (Å²) in [4.78, 5) is 11.4. The number of nitro benzene ring substituents is 1. The minimum Gasteiger partial charge on any atom is -0.493 e. The number of nitro groups is 1. The van der Waals surface area contributed by atoms with E-state index in [0.717, 1.165) is 12.8 Å². The fraction of sp³-hybridized carbons (Fsp3) is 0.381. The van der Waals surface area contributed by atoms with E-state index in [1.165, 1.54) is 13.2 Å². The van der Waals surface area contributed by atoms with Gasteiger partial charge in [-0.1, -0.05) is 12.1 Å². The molecule has 1 unspecified atom stereocenters. The Morgan fingerprint density at radius 3 is 2.60 bits per heavy atom. The van der Waals surface area contributed by atoms with E-state index in [1.807, 2.05) is 6.07 Å². The Balaban J connectivity index is 2.15. The normalized spacial score (nSPS) is 15.7. The van der Waals surface area contributed by atoms with Crippen LogP contribution in [0.3, 0.4) is 0 Å². The van der Waals surface area contributed by atoms with E-state index >= 15 is 0 Å². The van der Waals surface area contributed by atoms with Gasteiger partial charge >= 0.3 is 5.69 Å². The highest BCUT2D eigenvalue weighted by Gasteiger charge is 2.34. The molecule has 1 fully saturated rings. The van der Waals surface area contributed by atoms with Gasteiger partial charge in [-0.05, 0) is 31.9 Å². The van der Waals surface area contributed by atoms with Gasteiger partial charge in [0, 0.05) is 12.5 Å². The number of para-hydroxylation sites is 2. The van der Waals surface area contributed by atoms with Crippen LogP contribution >= 0.6 is 0 Å². The van der Waals surface area contributed by atoms with Crippen molar-refractivity contribution in [1.82, 2.24) is 0 Å². The summed E-state index contributed by atoms with van der Waals surface area (Å²) < 4.78 is 28.0. The van der Waals surface area contributed by atoms with Crippen molar-refractivity contribution in [3.8, 4) is 34.8 Å². The highest BCUT2D eigenvalue weighted by Crippen LogP contribution is 2.49. The number of methoxy groups -OCH3 is 1. The lowest BCUT2D eigenvalue weighted by molar-refractivity contribution is -0.387. The van der Waals surface area contributed by atoms with Gasteiger partial charge in [0.05, 0.1) is 25.2 Å². The third-order valence-electron chi connectivity index (χ3n) is 4.45. The van der Waals surface area contributed by atoms with Crippen LogP contribution in [0.5, 0.6) is 28.7 Å². The fourth-order valence-corrected chi connectivity index (χ4v) is 3.09. The van der Waals surface area contributed by atoms with Crippen molar-refractivity contribution in [3.63, 3.8) is 0 Å². The molecule has 0 saturated carbocycles. The molecule has 158 valence electrons. The summed E-state index contributed by atoms with van der Waals surface area (Å²) in [5.41, 5.74) is -0.538. The molecule has 1 aliphatic rings. The van der Waals surface area contributed by atoms with Gasteiger partial charge in [0.1, 0.15) is 11.6 Å². The second-order valence-corrected chi connectivity index (χ2v) is 6.40. The second-order valence-electron chi connectivity index (χ2n) is 6.40. The number of nitrogens with zero attached hydrogens (tertiary/aromatic N) is 2. The molecular formula is C21H22N2O7. The highest BCUT2D eigenvalue weighted by atomic mass is 16.7. The molecular weight excluding hydrogens is 392 g/mol. The molecule has 30 heavy (non-hydrogen) atoms. The first-order chi connectivity index (χ1) is 14.6. The summed E-state index contributed by atoms with van der Waals surface area (Å²) in [6.45, 7) is 2.43. The van der Waals surface area contributed by atoms with E-state index in [4.69, 9.17) is 23.7 Å². The van der Waals surface area contributed by atoms with Crippen molar-refractivity contribution < 1.29 is 28.6 Å². The van der Waals surface area contributed by atoms with Crippen molar-refractivity contribution in [3.05, 3.63) is 46.0 Å². The first-order valence-electron chi connectivity index (χ1n) is 9.56. The summed E-state index contributed by atoms with van der Waals surface area (Å²) in [5.74, 6) is 0.327. The molecule has 1 aliphatic heterocycles. The SMILES string of the molecule is CCOc1cc(C#N)c(OC2CCCCO2)c([N+](=O)[O-])c1Oc1ccccc1OC. The van der Waals surface area contributed by atoms with Crippen molar-refractivity contribution in [2.75, 3.05) is 20.3 Å². The summed E-state index contributed by atoms with van der Waals surface area (Å²) in [5, 5.41) is 21.7. The molecule has 1 heterocycles. The number of nitriles is 1. The van der Waals surface area contributed by atoms with Crippen molar-refractivity contribution in [2.45, 2.75) is 32.5 Å². The third kappa shape index (κ3) is 4.55. The minimum atomic E-state index is -0.679. The van der Waals surface area contributed by atoms with Gasteiger partial charge in [0.25, 0.3) is 5.75 Å². The molecule has 1 saturated heterocycles. The van der Waals surface area contributed by atoms with Crippen molar-refractivity contribution in [2.24, 2.45) is 0 Å². The summed E-state index contributed by atoms with van der Waals surface area (Å²) in [6, 6.07) is 10.1. The van der Waals surface area contributed by atoms with Crippen molar-refractivity contribution >= 4 is 5.69 Å². The van der Waals surface area contributed by atoms with Gasteiger partial charge in [-0.2, -0.15) is 5.26 Å². The molecule has 0 aliphatic carbocycles. The first kappa shape index (κ1) is 21.2. The minimum absolute atomic E-state index is 0.0355. The van der Waals surface area contributed by atoms with Crippen LogP contribution in [-0.2, 0) is 4.74 Å². The number of rotatable bonds is 8. The third-order valence-corrected chi connectivity index (χ3v) is 4.45. The highest BCUT2D eigenvalue weighted by molar-refractivity contribution is 5.71. The van der Waals surface area contributed by atoms with Crippen LogP contribution in [0.2, 0.25) is 0 Å². The topological polar surface area (TPSA) is 113 Å². The second kappa shape index (κ2) is 9.80. The zero-order valence-electron chi connectivity index (χ0n) is 16.8. The van der Waals surface area contributed by atoms with Crippen LogP contribution in [0.4, 0.5) is 5.69 Å². The average Bonchev–Trinajstić information content (AvgIpc) is 2.76.